The minimum absolute atomic E-state index is 0.289. The second kappa shape index (κ2) is 8.62. The molecule has 2 fully saturated rings. The van der Waals surface area contributed by atoms with Gasteiger partial charge in [-0.05, 0) is 73.5 Å². The third-order valence-corrected chi connectivity index (χ3v) is 7.81. The molecule has 2 aliphatic rings. The normalized spacial score (nSPS) is 22.1. The number of likely N-dealkylation sites (tertiary alicyclic amines) is 1. The van der Waals surface area contributed by atoms with E-state index < -0.39 is 5.97 Å². The maximum atomic E-state index is 11.4. The molecule has 1 aliphatic carbocycles. The monoisotopic (exact) mass is 432 g/mol. The number of hydrogen-bond acceptors (Lipinski definition) is 3. The summed E-state index contributed by atoms with van der Waals surface area (Å²) in [4.78, 5) is 17.3. The summed E-state index contributed by atoms with van der Waals surface area (Å²) in [6.45, 7) is 3.98. The SMILES string of the molecule is COc1cc(C)c2[nH]ccc2c1CN1CC[C@H](C2CCC2)C[C@@H]1c1ccc(C(=O)O)cc1. The molecule has 2 heterocycles. The lowest BCUT2D eigenvalue weighted by Gasteiger charge is -2.45. The van der Waals surface area contributed by atoms with Crippen LogP contribution in [0.25, 0.3) is 10.9 Å². The van der Waals surface area contributed by atoms with Crippen molar-refractivity contribution in [2.24, 2.45) is 11.8 Å². The Morgan fingerprint density at radius 1 is 1.16 bits per heavy atom. The Hall–Kier alpha value is -2.79. The number of H-pyrrole nitrogens is 1. The Bertz CT molecular complexity index is 1110. The molecule has 2 atom stereocenters. The van der Waals surface area contributed by atoms with Gasteiger partial charge in [0, 0.05) is 35.2 Å². The number of carboxylic acid groups (broad SMARTS) is 1. The molecule has 168 valence electrons. The Morgan fingerprint density at radius 2 is 1.94 bits per heavy atom. The van der Waals surface area contributed by atoms with Crippen LogP contribution in [0.4, 0.5) is 0 Å². The highest BCUT2D eigenvalue weighted by molar-refractivity contribution is 5.88. The fourth-order valence-electron chi connectivity index (χ4n) is 5.75. The quantitative estimate of drug-likeness (QED) is 0.506. The van der Waals surface area contributed by atoms with Crippen molar-refractivity contribution in [1.29, 1.82) is 0 Å². The third-order valence-electron chi connectivity index (χ3n) is 7.81. The fourth-order valence-corrected chi connectivity index (χ4v) is 5.75. The van der Waals surface area contributed by atoms with Crippen LogP contribution in [0.5, 0.6) is 5.75 Å². The van der Waals surface area contributed by atoms with Gasteiger partial charge in [-0.15, -0.1) is 0 Å². The highest BCUT2D eigenvalue weighted by atomic mass is 16.5. The molecule has 0 bridgehead atoms. The van der Waals surface area contributed by atoms with Gasteiger partial charge in [-0.3, -0.25) is 4.90 Å². The van der Waals surface area contributed by atoms with E-state index in [0.717, 1.165) is 37.1 Å². The zero-order valence-corrected chi connectivity index (χ0v) is 18.9. The van der Waals surface area contributed by atoms with E-state index in [1.165, 1.54) is 53.3 Å². The number of nitrogens with one attached hydrogen (secondary N) is 1. The van der Waals surface area contributed by atoms with Gasteiger partial charge in [0.1, 0.15) is 5.75 Å². The van der Waals surface area contributed by atoms with Crippen LogP contribution in [-0.2, 0) is 6.54 Å². The summed E-state index contributed by atoms with van der Waals surface area (Å²) in [7, 11) is 1.75. The second-order valence-electron chi connectivity index (χ2n) is 9.53. The number of aromatic nitrogens is 1. The molecular formula is C27H32N2O3. The van der Waals surface area contributed by atoms with E-state index in [4.69, 9.17) is 4.74 Å². The summed E-state index contributed by atoms with van der Waals surface area (Å²) in [5.74, 6) is 1.69. The first-order valence-electron chi connectivity index (χ1n) is 11.8. The summed E-state index contributed by atoms with van der Waals surface area (Å²) in [6, 6.07) is 12.1. The summed E-state index contributed by atoms with van der Waals surface area (Å²) < 4.78 is 5.81. The molecule has 5 rings (SSSR count). The minimum Gasteiger partial charge on any atom is -0.496 e. The lowest BCUT2D eigenvalue weighted by molar-refractivity contribution is 0.0555. The number of aromatic amines is 1. The first-order valence-corrected chi connectivity index (χ1v) is 11.8. The number of ether oxygens (including phenoxy) is 1. The number of nitrogens with zero attached hydrogens (tertiary/aromatic N) is 1. The van der Waals surface area contributed by atoms with E-state index >= 15 is 0 Å². The number of carbonyl (C=O) groups is 1. The molecule has 3 aromatic rings. The average Bonchev–Trinajstić information content (AvgIpc) is 3.26. The van der Waals surface area contributed by atoms with Crippen molar-refractivity contribution in [1.82, 2.24) is 9.88 Å². The van der Waals surface area contributed by atoms with Crippen molar-refractivity contribution in [3.05, 3.63) is 64.8 Å². The van der Waals surface area contributed by atoms with Crippen LogP contribution in [0.1, 0.15) is 65.2 Å². The van der Waals surface area contributed by atoms with Crippen LogP contribution in [0.15, 0.2) is 42.6 Å². The van der Waals surface area contributed by atoms with Crippen molar-refractivity contribution in [2.75, 3.05) is 13.7 Å². The number of fused-ring (bicyclic) bond motifs is 1. The Morgan fingerprint density at radius 3 is 2.59 bits per heavy atom. The Labute approximate surface area is 189 Å². The number of aryl methyl sites for hydroxylation is 1. The van der Waals surface area contributed by atoms with Crippen LogP contribution in [-0.4, -0.2) is 34.6 Å². The maximum absolute atomic E-state index is 11.4. The minimum atomic E-state index is -0.872. The van der Waals surface area contributed by atoms with Crippen molar-refractivity contribution in [3.63, 3.8) is 0 Å². The summed E-state index contributed by atoms with van der Waals surface area (Å²) in [5, 5.41) is 10.5. The molecule has 0 unspecified atom stereocenters. The van der Waals surface area contributed by atoms with Gasteiger partial charge in [-0.1, -0.05) is 31.4 Å². The Balaban J connectivity index is 1.49. The second-order valence-corrected chi connectivity index (χ2v) is 9.53. The number of piperidine rings is 1. The first kappa shape index (κ1) is 21.1. The van der Waals surface area contributed by atoms with E-state index in [0.29, 0.717) is 5.56 Å². The molecule has 2 aromatic carbocycles. The lowest BCUT2D eigenvalue weighted by Crippen LogP contribution is -2.39. The van der Waals surface area contributed by atoms with E-state index in [-0.39, 0.29) is 6.04 Å². The molecule has 1 saturated heterocycles. The number of rotatable bonds is 6. The zero-order chi connectivity index (χ0) is 22.2. The van der Waals surface area contributed by atoms with Crippen molar-refractivity contribution >= 4 is 16.9 Å². The number of benzene rings is 2. The highest BCUT2D eigenvalue weighted by Gasteiger charge is 2.36. The van der Waals surface area contributed by atoms with Crippen molar-refractivity contribution < 1.29 is 14.6 Å². The number of hydrogen-bond donors (Lipinski definition) is 2. The van der Waals surface area contributed by atoms with Crippen LogP contribution in [0.3, 0.4) is 0 Å². The summed E-state index contributed by atoms with van der Waals surface area (Å²) >= 11 is 0. The predicted octanol–water partition coefficient (Wildman–Crippen LogP) is 5.94. The van der Waals surface area contributed by atoms with Gasteiger partial charge < -0.3 is 14.8 Å². The molecule has 0 amide bonds. The number of carboxylic acids is 1. The van der Waals surface area contributed by atoms with Crippen LogP contribution < -0.4 is 4.74 Å². The molecule has 0 spiro atoms. The largest absolute Gasteiger partial charge is 0.496 e. The first-order chi connectivity index (χ1) is 15.5. The van der Waals surface area contributed by atoms with E-state index in [1.54, 1.807) is 19.2 Å². The van der Waals surface area contributed by atoms with E-state index in [1.807, 2.05) is 18.3 Å². The third kappa shape index (κ3) is 3.79. The van der Waals surface area contributed by atoms with Gasteiger partial charge >= 0.3 is 5.97 Å². The van der Waals surface area contributed by atoms with Gasteiger partial charge in [-0.25, -0.2) is 4.79 Å². The molecule has 5 nitrogen and oxygen atoms in total. The lowest BCUT2D eigenvalue weighted by atomic mass is 9.70. The maximum Gasteiger partial charge on any atom is 0.335 e. The molecule has 2 N–H and O–H groups in total. The fraction of sp³-hybridized carbons (Fsp3) is 0.444. The molecule has 0 radical (unpaired) electrons. The molecular weight excluding hydrogens is 400 g/mol. The molecule has 5 heteroatoms. The van der Waals surface area contributed by atoms with Gasteiger partial charge in [0.15, 0.2) is 0 Å². The molecule has 1 saturated carbocycles. The molecule has 32 heavy (non-hydrogen) atoms. The van der Waals surface area contributed by atoms with Gasteiger partial charge in [0.05, 0.1) is 12.7 Å². The summed E-state index contributed by atoms with van der Waals surface area (Å²) in [5.41, 5.74) is 5.16. The predicted molar refractivity (Wildman–Crippen MR) is 126 cm³/mol. The molecule has 1 aliphatic heterocycles. The highest BCUT2D eigenvalue weighted by Crippen LogP contribution is 2.45. The van der Waals surface area contributed by atoms with Crippen molar-refractivity contribution in [2.45, 2.75) is 51.6 Å². The van der Waals surface area contributed by atoms with Gasteiger partial charge in [-0.2, -0.15) is 0 Å². The summed E-state index contributed by atoms with van der Waals surface area (Å²) in [6.07, 6.45) is 8.48. The number of aromatic carboxylic acids is 1. The van der Waals surface area contributed by atoms with E-state index in [2.05, 4.69) is 28.9 Å². The van der Waals surface area contributed by atoms with Gasteiger partial charge in [0.25, 0.3) is 0 Å². The van der Waals surface area contributed by atoms with Crippen LogP contribution in [0, 0.1) is 18.8 Å². The molecule has 1 aromatic heterocycles. The number of methoxy groups -OCH3 is 1. The topological polar surface area (TPSA) is 65.6 Å². The van der Waals surface area contributed by atoms with E-state index in [9.17, 15) is 9.90 Å². The smallest absolute Gasteiger partial charge is 0.335 e. The van der Waals surface area contributed by atoms with Crippen LogP contribution in [0.2, 0.25) is 0 Å². The Kier molecular flexibility index (Phi) is 5.68. The van der Waals surface area contributed by atoms with Crippen LogP contribution >= 0.6 is 0 Å². The average molecular weight is 433 g/mol. The zero-order valence-electron chi connectivity index (χ0n) is 18.9. The van der Waals surface area contributed by atoms with Crippen molar-refractivity contribution in [3.8, 4) is 5.75 Å². The standard InChI is InChI=1S/C27H32N2O3/c1-17-14-25(32-2)23(22-10-12-28-26(17)22)16-29-13-11-21(18-4-3-5-18)15-24(29)19-6-8-20(9-7-19)27(30)31/h6-10,12,14,18,21,24,28H,3-5,11,13,15-16H2,1-2H3,(H,30,31)/t21-,24+/m0/s1. The van der Waals surface area contributed by atoms with Gasteiger partial charge in [0.2, 0.25) is 0 Å².